The number of rotatable bonds is 22. The number of phosphoric acid groups is 3. The standard InChI is InChI=1S/C43H56N5O21P3S2/c1-6-46-32-18-16-28(73(60,61)62)22-30(32)42(2,3)36(46)13-10-14-37-43(4,5)31-23-29(74(63,64)65)17-19-33(31)47(37)21-9-7-8-15-38(50)44-20-11-12-27-25-48(41(52)45-40(27)51)39-24-34(49)35(67-39)26-66-71(56,57)69-72(58,59)68-70(53,54)55/h10-14,16-19,22-23,25,34-35,39,49H,6-9,15,20-21,24,26H2,1-5H3,(H7-,44,45,50,51,52,53,54,55,56,57,58,59,60,61,62,63,64,65)/b12-11+/t34-,35+,39+/m0/s1. The van der Waals surface area contributed by atoms with E-state index in [1.165, 1.54) is 36.4 Å². The summed E-state index contributed by atoms with van der Waals surface area (Å²) in [5.41, 5.74) is 1.25. The predicted octanol–water partition coefficient (Wildman–Crippen LogP) is 3.70. The maximum Gasteiger partial charge on any atom is 0.490 e. The number of aromatic amines is 1. The zero-order valence-electron chi connectivity index (χ0n) is 40.3. The lowest BCUT2D eigenvalue weighted by Crippen LogP contribution is -2.33. The number of hydrogen-bond acceptors (Lipinski definition) is 17. The van der Waals surface area contributed by atoms with Crippen LogP contribution in [0, 0.1) is 0 Å². The molecule has 3 aliphatic rings. The van der Waals surface area contributed by atoms with Gasteiger partial charge in [-0.15, -0.1) is 0 Å². The summed E-state index contributed by atoms with van der Waals surface area (Å²) in [6, 6.07) is 8.76. The van der Waals surface area contributed by atoms with Crippen LogP contribution >= 0.6 is 23.5 Å². The topological polar surface area (TPSA) is 391 Å². The zero-order chi connectivity index (χ0) is 55.0. The number of nitrogens with one attached hydrogen (secondary N) is 2. The van der Waals surface area contributed by atoms with Crippen LogP contribution in [-0.4, -0.2) is 115 Å². The third-order valence-electron chi connectivity index (χ3n) is 12.5. The maximum absolute atomic E-state index is 12.8. The number of unbranched alkanes of at least 4 members (excludes halogenated alkanes) is 2. The molecule has 26 nitrogen and oxygen atoms in total. The highest BCUT2D eigenvalue weighted by Crippen LogP contribution is 2.66. The number of aliphatic hydroxyl groups is 1. The van der Waals surface area contributed by atoms with E-state index in [4.69, 9.17) is 14.5 Å². The van der Waals surface area contributed by atoms with Gasteiger partial charge in [-0.2, -0.15) is 21.6 Å². The van der Waals surface area contributed by atoms with Gasteiger partial charge >= 0.3 is 29.2 Å². The molecule has 3 aromatic rings. The van der Waals surface area contributed by atoms with E-state index < -0.39 is 90.8 Å². The van der Waals surface area contributed by atoms with Gasteiger partial charge in [-0.25, -0.2) is 26.9 Å². The highest BCUT2D eigenvalue weighted by molar-refractivity contribution is 7.86. The quantitative estimate of drug-likeness (QED) is 0.0308. The van der Waals surface area contributed by atoms with Gasteiger partial charge in [0.2, 0.25) is 11.6 Å². The number of amides is 1. The average Bonchev–Trinajstić information content (AvgIpc) is 3.82. The van der Waals surface area contributed by atoms with Crippen molar-refractivity contribution in [3.05, 3.63) is 110 Å². The number of H-pyrrole nitrogens is 1. The van der Waals surface area contributed by atoms with Crippen molar-refractivity contribution in [2.24, 2.45) is 0 Å². The molecule has 0 aliphatic carbocycles. The molecule has 406 valence electrons. The van der Waals surface area contributed by atoms with E-state index in [1.54, 1.807) is 12.1 Å². The highest BCUT2D eigenvalue weighted by atomic mass is 32.2. The molecule has 2 unspecified atom stereocenters. The number of anilines is 1. The second-order valence-electron chi connectivity index (χ2n) is 18.3. The molecule has 1 aromatic heterocycles. The first-order valence-electron chi connectivity index (χ1n) is 22.6. The fourth-order valence-electron chi connectivity index (χ4n) is 8.96. The fourth-order valence-corrected chi connectivity index (χ4v) is 13.0. The van der Waals surface area contributed by atoms with Crippen molar-refractivity contribution in [2.75, 3.05) is 31.1 Å². The molecule has 0 spiro atoms. The third-order valence-corrected chi connectivity index (χ3v) is 17.9. The van der Waals surface area contributed by atoms with Crippen LogP contribution < -0.4 is 21.5 Å². The number of allylic oxidation sites excluding steroid dienone is 4. The van der Waals surface area contributed by atoms with Crippen molar-refractivity contribution in [3.63, 3.8) is 0 Å². The molecule has 4 heterocycles. The minimum atomic E-state index is -5.80. The van der Waals surface area contributed by atoms with Crippen LogP contribution in [0.25, 0.3) is 6.08 Å². The number of hydrogen-bond donors (Lipinski definition) is 8. The minimum Gasteiger partial charge on any atom is -0.744 e. The summed E-state index contributed by atoms with van der Waals surface area (Å²) < 4.78 is 125. The first-order chi connectivity index (χ1) is 34.1. The SMILES string of the molecule is CCN1C(=CC=CC2=[N+](CCCCCC(=O)NC/C=C/c3cn([C@H]4C[C@H](O)[C@@H](COP(=O)(O)OP(=O)(O)OP(=O)(O)O)O4)c(=O)[nH]c3=O)c3ccc(S(=O)(=O)O)cc3C2(C)C)C(C)(C)c2cc(S(=O)(=O)[O-])ccc21. The molecule has 0 radical (unpaired) electrons. The van der Waals surface area contributed by atoms with E-state index >= 15 is 0 Å². The van der Waals surface area contributed by atoms with Gasteiger partial charge in [0.05, 0.1) is 33.5 Å². The van der Waals surface area contributed by atoms with Crippen molar-refractivity contribution < 1.29 is 91.6 Å². The first-order valence-corrected chi connectivity index (χ1v) is 30.0. The summed E-state index contributed by atoms with van der Waals surface area (Å²) >= 11 is 0. The van der Waals surface area contributed by atoms with Gasteiger partial charge in [0.15, 0.2) is 5.71 Å². The molecular formula is C43H56N5O21P3S2. The van der Waals surface area contributed by atoms with Gasteiger partial charge in [0, 0.05) is 73.1 Å². The maximum atomic E-state index is 12.8. The number of aromatic nitrogens is 2. The Morgan fingerprint density at radius 1 is 0.946 bits per heavy atom. The van der Waals surface area contributed by atoms with E-state index in [2.05, 4.69) is 28.0 Å². The lowest BCUT2D eigenvalue weighted by Gasteiger charge is -2.25. The number of nitrogens with zero attached hydrogens (tertiary/aromatic N) is 3. The normalized spacial score (nSPS) is 21.9. The number of aliphatic hydroxyl groups excluding tert-OH is 1. The van der Waals surface area contributed by atoms with Crippen LogP contribution in [0.1, 0.15) is 89.6 Å². The van der Waals surface area contributed by atoms with E-state index in [1.807, 2.05) is 57.7 Å². The fraction of sp³-hybridized carbons (Fsp3) is 0.442. The van der Waals surface area contributed by atoms with Crippen LogP contribution in [0.15, 0.2) is 92.0 Å². The Bertz CT molecular complexity index is 3330. The van der Waals surface area contributed by atoms with E-state index in [0.29, 0.717) is 43.5 Å². The highest BCUT2D eigenvalue weighted by Gasteiger charge is 2.46. The van der Waals surface area contributed by atoms with Gasteiger partial charge in [-0.1, -0.05) is 32.1 Å². The van der Waals surface area contributed by atoms with E-state index in [9.17, 15) is 68.9 Å². The molecule has 1 saturated heterocycles. The van der Waals surface area contributed by atoms with Crippen LogP contribution in [0.2, 0.25) is 0 Å². The lowest BCUT2D eigenvalue weighted by molar-refractivity contribution is -0.438. The molecule has 74 heavy (non-hydrogen) atoms. The number of phosphoric ester groups is 1. The van der Waals surface area contributed by atoms with Gasteiger partial charge in [-0.05, 0) is 75.6 Å². The largest absolute Gasteiger partial charge is 0.744 e. The number of likely N-dealkylation sites (N-methyl/N-ethyl adjacent to an activating group) is 1. The van der Waals surface area contributed by atoms with Crippen LogP contribution in [0.4, 0.5) is 11.4 Å². The van der Waals surface area contributed by atoms with E-state index in [-0.39, 0.29) is 40.6 Å². The summed E-state index contributed by atoms with van der Waals surface area (Å²) in [4.78, 5) is 78.1. The Morgan fingerprint density at radius 2 is 1.62 bits per heavy atom. The summed E-state index contributed by atoms with van der Waals surface area (Å²) in [6.45, 7) is 9.70. The second-order valence-corrected chi connectivity index (χ2v) is 25.5. The molecule has 6 rings (SSSR count). The third kappa shape index (κ3) is 13.9. The van der Waals surface area contributed by atoms with E-state index in [0.717, 1.165) is 33.5 Å². The summed E-state index contributed by atoms with van der Waals surface area (Å²) in [5, 5.41) is 13.2. The van der Waals surface area contributed by atoms with Gasteiger partial charge < -0.3 is 44.2 Å². The summed E-state index contributed by atoms with van der Waals surface area (Å²) in [5.74, 6) is -0.304. The first kappa shape index (κ1) is 58.7. The smallest absolute Gasteiger partial charge is 0.490 e. The van der Waals surface area contributed by atoms with Crippen molar-refractivity contribution in [3.8, 4) is 0 Å². The summed E-state index contributed by atoms with van der Waals surface area (Å²) in [7, 11) is -26.2. The molecule has 0 saturated carbocycles. The molecule has 8 N–H and O–H groups in total. The molecule has 31 heteroatoms. The molecule has 3 aliphatic heterocycles. The Labute approximate surface area is 424 Å². The molecule has 0 bridgehead atoms. The number of ether oxygens (including phenoxy) is 1. The van der Waals surface area contributed by atoms with Crippen LogP contribution in [0.5, 0.6) is 0 Å². The molecular weight excluding hydrogens is 1080 g/mol. The predicted molar refractivity (Wildman–Crippen MR) is 263 cm³/mol. The molecule has 1 amide bonds. The Morgan fingerprint density at radius 3 is 2.27 bits per heavy atom. The Kier molecular flexibility index (Phi) is 17.6. The number of carbonyl (C=O) groups is 1. The van der Waals surface area contributed by atoms with Gasteiger partial charge in [0.25, 0.3) is 15.7 Å². The number of fused-ring (bicyclic) bond motifs is 2. The summed E-state index contributed by atoms with van der Waals surface area (Å²) in [6.07, 6.45) is 6.89. The molecule has 5 atom stereocenters. The zero-order valence-corrected chi connectivity index (χ0v) is 44.6. The van der Waals surface area contributed by atoms with Crippen molar-refractivity contribution in [1.82, 2.24) is 14.9 Å². The molecule has 2 aromatic carbocycles. The number of benzene rings is 2. The lowest BCUT2D eigenvalue weighted by atomic mass is 9.81. The average molecular weight is 1140 g/mol. The van der Waals surface area contributed by atoms with Crippen LogP contribution in [0.3, 0.4) is 0 Å². The Hall–Kier alpha value is -4.57. The van der Waals surface area contributed by atoms with Gasteiger partial charge in [-0.3, -0.25) is 28.2 Å². The second kappa shape index (κ2) is 22.2. The Balaban J connectivity index is 1.06. The van der Waals surface area contributed by atoms with Crippen molar-refractivity contribution >= 4 is 72.8 Å². The van der Waals surface area contributed by atoms with Crippen molar-refractivity contribution in [2.45, 2.75) is 106 Å². The monoisotopic (exact) mass is 1140 g/mol. The van der Waals surface area contributed by atoms with Crippen LogP contribution in [-0.2, 0) is 67.4 Å². The van der Waals surface area contributed by atoms with Crippen molar-refractivity contribution in [1.29, 1.82) is 0 Å². The molecule has 1 fully saturated rings. The minimum absolute atomic E-state index is 0.0207. The number of carbonyl (C=O) groups excluding carboxylic acids is 1. The van der Waals surface area contributed by atoms with Gasteiger partial charge in [0.1, 0.15) is 29.0 Å².